The van der Waals surface area contributed by atoms with Crippen LogP contribution in [0.4, 0.5) is 0 Å². The number of hydrogen-bond donors (Lipinski definition) is 1. The van der Waals surface area contributed by atoms with E-state index >= 15 is 0 Å². The predicted octanol–water partition coefficient (Wildman–Crippen LogP) is 1.12. The SMILES string of the molecule is CC(C)(C)SN1C(=O)C[C@@H]1C(=O)O. The summed E-state index contributed by atoms with van der Waals surface area (Å²) in [7, 11) is 0. The van der Waals surface area contributed by atoms with Gasteiger partial charge in [0.05, 0.1) is 6.42 Å². The molecule has 1 fully saturated rings. The molecule has 1 N–H and O–H groups in total. The summed E-state index contributed by atoms with van der Waals surface area (Å²) in [6.45, 7) is 5.84. The van der Waals surface area contributed by atoms with Gasteiger partial charge < -0.3 is 5.11 Å². The minimum atomic E-state index is -0.920. The van der Waals surface area contributed by atoms with Gasteiger partial charge >= 0.3 is 5.97 Å². The Morgan fingerprint density at radius 3 is 2.46 bits per heavy atom. The van der Waals surface area contributed by atoms with Gasteiger partial charge in [-0.25, -0.2) is 4.79 Å². The number of carbonyl (C=O) groups is 2. The average molecular weight is 203 g/mol. The number of carbonyl (C=O) groups excluding carboxylic acids is 1. The van der Waals surface area contributed by atoms with Gasteiger partial charge in [-0.15, -0.1) is 0 Å². The van der Waals surface area contributed by atoms with Crippen LogP contribution >= 0.6 is 11.9 Å². The zero-order chi connectivity index (χ0) is 10.2. The molecule has 1 amide bonds. The lowest BCUT2D eigenvalue weighted by atomic mass is 10.1. The summed E-state index contributed by atoms with van der Waals surface area (Å²) in [4.78, 5) is 21.7. The first kappa shape index (κ1) is 10.4. The van der Waals surface area contributed by atoms with Crippen LogP contribution in [-0.2, 0) is 9.59 Å². The quantitative estimate of drug-likeness (QED) is 0.539. The molecule has 1 atom stereocenters. The van der Waals surface area contributed by atoms with Gasteiger partial charge in [-0.1, -0.05) is 0 Å². The Balaban J connectivity index is 2.58. The summed E-state index contributed by atoms with van der Waals surface area (Å²) in [6.07, 6.45) is 0.137. The van der Waals surface area contributed by atoms with Gasteiger partial charge in [0, 0.05) is 4.75 Å². The van der Waals surface area contributed by atoms with Crippen molar-refractivity contribution in [2.75, 3.05) is 0 Å². The van der Waals surface area contributed by atoms with E-state index in [9.17, 15) is 9.59 Å². The first-order valence-electron chi connectivity index (χ1n) is 4.05. The summed E-state index contributed by atoms with van der Waals surface area (Å²) < 4.78 is 1.23. The normalized spacial score (nSPS) is 22.8. The first-order chi connectivity index (χ1) is 5.81. The van der Waals surface area contributed by atoms with Crippen molar-refractivity contribution in [3.63, 3.8) is 0 Å². The van der Waals surface area contributed by atoms with Gasteiger partial charge in [-0.2, -0.15) is 0 Å². The van der Waals surface area contributed by atoms with Crippen LogP contribution in [0.15, 0.2) is 0 Å². The Kier molecular flexibility index (Phi) is 2.56. The van der Waals surface area contributed by atoms with Crippen molar-refractivity contribution in [2.45, 2.75) is 38.0 Å². The van der Waals surface area contributed by atoms with E-state index in [1.54, 1.807) is 0 Å². The maximum Gasteiger partial charge on any atom is 0.328 e. The third kappa shape index (κ3) is 2.37. The number of β-lactam (4-membered cyclic amide) rings is 1. The Labute approximate surface area is 81.4 Å². The highest BCUT2D eigenvalue weighted by Crippen LogP contribution is 2.36. The molecule has 0 aromatic rings. The molecule has 1 aliphatic heterocycles. The van der Waals surface area contributed by atoms with Gasteiger partial charge in [0.1, 0.15) is 6.04 Å². The molecule has 1 rings (SSSR count). The summed E-state index contributed by atoms with van der Waals surface area (Å²) in [5.41, 5.74) is 0. The molecule has 0 spiro atoms. The van der Waals surface area contributed by atoms with Crippen LogP contribution in [0.5, 0.6) is 0 Å². The van der Waals surface area contributed by atoms with Crippen molar-refractivity contribution in [1.82, 2.24) is 4.31 Å². The Hall–Kier alpha value is -0.710. The summed E-state index contributed by atoms with van der Waals surface area (Å²) in [5, 5.41) is 8.71. The molecule has 0 radical (unpaired) electrons. The topological polar surface area (TPSA) is 57.6 Å². The van der Waals surface area contributed by atoms with Gasteiger partial charge in [0.15, 0.2) is 0 Å². The predicted molar refractivity (Wildman–Crippen MR) is 50.2 cm³/mol. The minimum Gasteiger partial charge on any atom is -0.480 e. The van der Waals surface area contributed by atoms with Crippen molar-refractivity contribution in [2.24, 2.45) is 0 Å². The van der Waals surface area contributed by atoms with Crippen LogP contribution in [0.1, 0.15) is 27.2 Å². The number of rotatable bonds is 2. The second-order valence-electron chi connectivity index (χ2n) is 3.98. The standard InChI is InChI=1S/C8H13NO3S/c1-8(2,3)13-9-5(7(11)12)4-6(9)10/h5H,4H2,1-3H3,(H,11,12)/t5-/m1/s1. The Bertz CT molecular complexity index is 246. The van der Waals surface area contributed by atoms with E-state index in [-0.39, 0.29) is 17.1 Å². The molecule has 74 valence electrons. The van der Waals surface area contributed by atoms with E-state index in [4.69, 9.17) is 5.11 Å². The third-order valence-corrected chi connectivity index (χ3v) is 2.76. The summed E-state index contributed by atoms with van der Waals surface area (Å²) in [5.74, 6) is -1.01. The molecule has 5 heteroatoms. The van der Waals surface area contributed by atoms with E-state index in [0.717, 1.165) is 0 Å². The Morgan fingerprint density at radius 1 is 1.62 bits per heavy atom. The van der Waals surface area contributed by atoms with Crippen molar-refractivity contribution in [1.29, 1.82) is 0 Å². The highest BCUT2D eigenvalue weighted by Gasteiger charge is 2.43. The highest BCUT2D eigenvalue weighted by molar-refractivity contribution is 7.98. The van der Waals surface area contributed by atoms with Gasteiger partial charge in [-0.3, -0.25) is 9.10 Å². The van der Waals surface area contributed by atoms with Crippen molar-refractivity contribution in [3.05, 3.63) is 0 Å². The van der Waals surface area contributed by atoms with E-state index in [2.05, 4.69) is 0 Å². The molecule has 1 aliphatic rings. The molecule has 0 bridgehead atoms. The first-order valence-corrected chi connectivity index (χ1v) is 4.82. The summed E-state index contributed by atoms with van der Waals surface area (Å²) >= 11 is 1.29. The molecular weight excluding hydrogens is 190 g/mol. The van der Waals surface area contributed by atoms with E-state index < -0.39 is 12.0 Å². The molecule has 0 aliphatic carbocycles. The van der Waals surface area contributed by atoms with Gasteiger partial charge in [0.2, 0.25) is 5.91 Å². The molecule has 4 nitrogen and oxygen atoms in total. The van der Waals surface area contributed by atoms with Crippen LogP contribution < -0.4 is 0 Å². The van der Waals surface area contributed by atoms with E-state index in [1.165, 1.54) is 16.3 Å². The lowest BCUT2D eigenvalue weighted by Crippen LogP contribution is -2.53. The number of carboxylic acids is 1. The molecule has 13 heavy (non-hydrogen) atoms. The van der Waals surface area contributed by atoms with Crippen molar-refractivity contribution >= 4 is 23.8 Å². The van der Waals surface area contributed by atoms with Gasteiger partial charge in [-0.05, 0) is 32.7 Å². The molecule has 0 aromatic carbocycles. The number of nitrogens with zero attached hydrogens (tertiary/aromatic N) is 1. The second kappa shape index (κ2) is 3.21. The van der Waals surface area contributed by atoms with Crippen LogP contribution in [-0.4, -0.2) is 32.1 Å². The van der Waals surface area contributed by atoms with Crippen LogP contribution in [0.3, 0.4) is 0 Å². The number of aliphatic carboxylic acids is 1. The van der Waals surface area contributed by atoms with E-state index in [0.29, 0.717) is 0 Å². The molecular formula is C8H13NO3S. The van der Waals surface area contributed by atoms with Crippen LogP contribution in [0, 0.1) is 0 Å². The van der Waals surface area contributed by atoms with Crippen LogP contribution in [0.2, 0.25) is 0 Å². The van der Waals surface area contributed by atoms with Crippen molar-refractivity contribution in [3.8, 4) is 0 Å². The minimum absolute atomic E-state index is 0.0904. The molecule has 1 saturated heterocycles. The lowest BCUT2D eigenvalue weighted by molar-refractivity contribution is -0.154. The van der Waals surface area contributed by atoms with Crippen molar-refractivity contribution < 1.29 is 14.7 Å². The van der Waals surface area contributed by atoms with Crippen LogP contribution in [0.25, 0.3) is 0 Å². The van der Waals surface area contributed by atoms with E-state index in [1.807, 2.05) is 20.8 Å². The highest BCUT2D eigenvalue weighted by atomic mass is 32.2. The average Bonchev–Trinajstić information content (AvgIpc) is 1.93. The maximum absolute atomic E-state index is 11.1. The fourth-order valence-electron chi connectivity index (χ4n) is 0.997. The van der Waals surface area contributed by atoms with Gasteiger partial charge in [0.25, 0.3) is 0 Å². The molecule has 0 aromatic heterocycles. The lowest BCUT2D eigenvalue weighted by Gasteiger charge is -2.39. The molecule has 0 saturated carbocycles. The number of carboxylic acid groups (broad SMARTS) is 1. The fraction of sp³-hybridized carbons (Fsp3) is 0.750. The fourth-order valence-corrected chi connectivity index (χ4v) is 2.06. The Morgan fingerprint density at radius 2 is 2.15 bits per heavy atom. The molecule has 1 heterocycles. The smallest absolute Gasteiger partial charge is 0.328 e. The zero-order valence-electron chi connectivity index (χ0n) is 7.90. The zero-order valence-corrected chi connectivity index (χ0v) is 8.72. The summed E-state index contributed by atoms with van der Waals surface area (Å²) in [6, 6.07) is -0.628. The number of hydrogen-bond acceptors (Lipinski definition) is 3. The number of amides is 1. The second-order valence-corrected chi connectivity index (χ2v) is 5.78. The monoisotopic (exact) mass is 203 g/mol. The molecule has 0 unspecified atom stereocenters. The third-order valence-electron chi connectivity index (χ3n) is 1.55. The largest absolute Gasteiger partial charge is 0.480 e. The maximum atomic E-state index is 11.1.